The Hall–Kier alpha value is -1.52. The molecule has 34 heavy (non-hydrogen) atoms. The summed E-state index contributed by atoms with van der Waals surface area (Å²) in [6.07, 6.45) is 18.9. The van der Waals surface area contributed by atoms with Crippen molar-refractivity contribution in [3.05, 3.63) is 26.9 Å². The lowest BCUT2D eigenvalue weighted by Gasteiger charge is -2.34. The zero-order chi connectivity index (χ0) is 25.5. The molecule has 1 aromatic heterocycles. The van der Waals surface area contributed by atoms with E-state index >= 15 is 0 Å². The molecule has 2 atom stereocenters. The highest BCUT2D eigenvalue weighted by atomic mass is 16.2. The number of aromatic nitrogens is 2. The summed E-state index contributed by atoms with van der Waals surface area (Å²) in [5, 5.41) is 3.57. The molecular formula is C29H55N3O2. The minimum atomic E-state index is -0.433. The highest BCUT2D eigenvalue weighted by Gasteiger charge is 2.30. The van der Waals surface area contributed by atoms with E-state index in [2.05, 4.69) is 51.8 Å². The number of hydrogen-bond acceptors (Lipinski definition) is 3. The van der Waals surface area contributed by atoms with Crippen molar-refractivity contribution in [2.45, 2.75) is 162 Å². The standard InChI is InChI=1S/C29H55N3O2/c1-7-11-15-17-19-23-29(6,22-14-10-4)32-26(33)24-25(30-27(32)34)31-28(5,20-13-9-3)21-18-16-12-8-2/h24,31H,7-23H2,1-6H3,(H,30,34). The summed E-state index contributed by atoms with van der Waals surface area (Å²) in [6.45, 7) is 13.2. The van der Waals surface area contributed by atoms with Crippen molar-refractivity contribution < 1.29 is 0 Å². The van der Waals surface area contributed by atoms with Gasteiger partial charge in [-0.2, -0.15) is 0 Å². The van der Waals surface area contributed by atoms with Gasteiger partial charge in [-0.3, -0.25) is 14.3 Å². The molecule has 0 aliphatic rings. The fraction of sp³-hybridized carbons (Fsp3) is 0.862. The average molecular weight is 478 g/mol. The molecular weight excluding hydrogens is 422 g/mol. The Morgan fingerprint density at radius 2 is 1.18 bits per heavy atom. The zero-order valence-corrected chi connectivity index (χ0v) is 23.4. The van der Waals surface area contributed by atoms with Crippen LogP contribution in [-0.4, -0.2) is 15.1 Å². The van der Waals surface area contributed by atoms with Crippen LogP contribution < -0.4 is 16.6 Å². The van der Waals surface area contributed by atoms with E-state index in [9.17, 15) is 9.59 Å². The average Bonchev–Trinajstić information content (AvgIpc) is 2.79. The first-order valence-corrected chi connectivity index (χ1v) is 14.4. The normalized spacial score (nSPS) is 15.1. The molecule has 0 radical (unpaired) electrons. The quantitative estimate of drug-likeness (QED) is 0.186. The number of unbranched alkanes of at least 4 members (excludes halogenated alkanes) is 9. The maximum atomic E-state index is 13.3. The third-order valence-corrected chi connectivity index (χ3v) is 7.46. The van der Waals surface area contributed by atoms with Crippen molar-refractivity contribution in [1.29, 1.82) is 0 Å². The fourth-order valence-corrected chi connectivity index (χ4v) is 5.17. The van der Waals surface area contributed by atoms with E-state index in [4.69, 9.17) is 0 Å². The predicted octanol–water partition coefficient (Wildman–Crippen LogP) is 8.13. The minimum Gasteiger partial charge on any atom is -0.366 e. The number of aromatic amines is 1. The fourth-order valence-electron chi connectivity index (χ4n) is 5.17. The van der Waals surface area contributed by atoms with E-state index < -0.39 is 5.54 Å². The van der Waals surface area contributed by atoms with Crippen LogP contribution in [0.4, 0.5) is 5.82 Å². The predicted molar refractivity (Wildman–Crippen MR) is 148 cm³/mol. The summed E-state index contributed by atoms with van der Waals surface area (Å²) in [5.74, 6) is 0.570. The van der Waals surface area contributed by atoms with Gasteiger partial charge in [0.25, 0.3) is 5.56 Å². The van der Waals surface area contributed by atoms with Crippen LogP contribution in [0.15, 0.2) is 15.7 Å². The van der Waals surface area contributed by atoms with Crippen LogP contribution in [0.3, 0.4) is 0 Å². The summed E-state index contributed by atoms with van der Waals surface area (Å²) < 4.78 is 1.51. The molecule has 0 spiro atoms. The molecule has 1 rings (SSSR count). The molecule has 0 fully saturated rings. The van der Waals surface area contributed by atoms with Crippen LogP contribution in [0.25, 0.3) is 0 Å². The van der Waals surface area contributed by atoms with E-state index in [0.29, 0.717) is 5.82 Å². The van der Waals surface area contributed by atoms with Crippen molar-refractivity contribution in [3.63, 3.8) is 0 Å². The molecule has 1 aromatic rings. The zero-order valence-electron chi connectivity index (χ0n) is 23.4. The van der Waals surface area contributed by atoms with Gasteiger partial charge in [-0.1, -0.05) is 111 Å². The third kappa shape index (κ3) is 10.4. The first-order chi connectivity index (χ1) is 16.2. The van der Waals surface area contributed by atoms with Crippen LogP contribution in [0, 0.1) is 0 Å². The number of hydrogen-bond donors (Lipinski definition) is 2. The van der Waals surface area contributed by atoms with E-state index in [1.807, 2.05) is 0 Å². The lowest BCUT2D eigenvalue weighted by Crippen LogP contribution is -2.48. The van der Waals surface area contributed by atoms with Gasteiger partial charge in [-0.05, 0) is 39.5 Å². The van der Waals surface area contributed by atoms with Crippen molar-refractivity contribution in [1.82, 2.24) is 9.55 Å². The third-order valence-electron chi connectivity index (χ3n) is 7.46. The Balaban J connectivity index is 3.11. The van der Waals surface area contributed by atoms with Crippen LogP contribution in [0.1, 0.15) is 151 Å². The van der Waals surface area contributed by atoms with Gasteiger partial charge in [0.1, 0.15) is 5.82 Å². The Morgan fingerprint density at radius 3 is 1.76 bits per heavy atom. The summed E-state index contributed by atoms with van der Waals surface area (Å²) in [4.78, 5) is 29.6. The highest BCUT2D eigenvalue weighted by Crippen LogP contribution is 2.29. The van der Waals surface area contributed by atoms with Crippen LogP contribution >= 0.6 is 0 Å². The Morgan fingerprint density at radius 1 is 0.706 bits per heavy atom. The van der Waals surface area contributed by atoms with E-state index in [-0.39, 0.29) is 16.8 Å². The monoisotopic (exact) mass is 477 g/mol. The number of nitrogens with one attached hydrogen (secondary N) is 2. The van der Waals surface area contributed by atoms with Gasteiger partial charge < -0.3 is 5.32 Å². The Labute approximate surface area is 209 Å². The first-order valence-electron chi connectivity index (χ1n) is 14.4. The molecule has 2 N–H and O–H groups in total. The van der Waals surface area contributed by atoms with Gasteiger partial charge >= 0.3 is 5.69 Å². The second-order valence-corrected chi connectivity index (χ2v) is 11.0. The van der Waals surface area contributed by atoms with Crippen molar-refractivity contribution >= 4 is 5.82 Å². The molecule has 0 amide bonds. The Bertz CT molecular complexity index is 753. The van der Waals surface area contributed by atoms with E-state index in [1.54, 1.807) is 6.07 Å². The molecule has 0 saturated carbocycles. The number of H-pyrrole nitrogens is 1. The second kappa shape index (κ2) is 16.2. The smallest absolute Gasteiger partial charge is 0.330 e. The Kier molecular flexibility index (Phi) is 14.5. The van der Waals surface area contributed by atoms with Gasteiger partial charge in [0.15, 0.2) is 0 Å². The minimum absolute atomic E-state index is 0.115. The van der Waals surface area contributed by atoms with E-state index in [1.165, 1.54) is 43.1 Å². The lowest BCUT2D eigenvalue weighted by atomic mass is 9.88. The lowest BCUT2D eigenvalue weighted by molar-refractivity contribution is 0.236. The number of rotatable bonds is 20. The molecule has 198 valence electrons. The van der Waals surface area contributed by atoms with Crippen LogP contribution in [-0.2, 0) is 5.54 Å². The van der Waals surface area contributed by atoms with Gasteiger partial charge in [-0.15, -0.1) is 0 Å². The van der Waals surface area contributed by atoms with Crippen molar-refractivity contribution in [2.75, 3.05) is 5.32 Å². The number of anilines is 1. The summed E-state index contributed by atoms with van der Waals surface area (Å²) >= 11 is 0. The summed E-state index contributed by atoms with van der Waals surface area (Å²) in [7, 11) is 0. The maximum Gasteiger partial charge on any atom is 0.330 e. The molecule has 5 heteroatoms. The highest BCUT2D eigenvalue weighted by molar-refractivity contribution is 5.36. The molecule has 2 unspecified atom stereocenters. The van der Waals surface area contributed by atoms with Gasteiger partial charge in [0.2, 0.25) is 0 Å². The molecule has 0 aromatic carbocycles. The van der Waals surface area contributed by atoms with Crippen LogP contribution in [0.5, 0.6) is 0 Å². The number of nitrogens with zero attached hydrogens (tertiary/aromatic N) is 1. The molecule has 5 nitrogen and oxygen atoms in total. The molecule has 0 aliphatic carbocycles. The van der Waals surface area contributed by atoms with Gasteiger partial charge in [-0.25, -0.2) is 4.79 Å². The first kappa shape index (κ1) is 30.5. The summed E-state index contributed by atoms with van der Waals surface area (Å²) in [6, 6.07) is 1.62. The molecule has 0 saturated heterocycles. The second-order valence-electron chi connectivity index (χ2n) is 11.0. The van der Waals surface area contributed by atoms with Gasteiger partial charge in [0.05, 0.1) is 0 Å². The van der Waals surface area contributed by atoms with Crippen molar-refractivity contribution in [3.8, 4) is 0 Å². The van der Waals surface area contributed by atoms with Gasteiger partial charge in [0, 0.05) is 17.1 Å². The summed E-state index contributed by atoms with van der Waals surface area (Å²) in [5.41, 5.74) is -0.999. The molecule has 0 bridgehead atoms. The van der Waals surface area contributed by atoms with Crippen LogP contribution in [0.2, 0.25) is 0 Å². The molecule has 0 aliphatic heterocycles. The topological polar surface area (TPSA) is 66.9 Å². The maximum absolute atomic E-state index is 13.3. The van der Waals surface area contributed by atoms with Crippen molar-refractivity contribution in [2.24, 2.45) is 0 Å². The SMILES string of the molecule is CCCCCCCC(C)(CCCC)n1c(=O)cc(NC(C)(CCCC)CCCCCC)[nH]c1=O. The largest absolute Gasteiger partial charge is 0.366 e. The van der Waals surface area contributed by atoms with E-state index in [0.717, 1.165) is 70.6 Å². The molecule has 1 heterocycles.